The standard InChI is InChI=1S/C13H18ClFN2O2S2/c1-21(18,19)13-8-20-5-4-17(13)12(7-16)10-3-2-9(14)6-11(10)15/h2-3,6,12-13H,4-5,7-8,16H2,1H3. The van der Waals surface area contributed by atoms with Gasteiger partial charge in [0.15, 0.2) is 9.84 Å². The molecule has 2 unspecified atom stereocenters. The van der Waals surface area contributed by atoms with Crippen LogP contribution in [-0.2, 0) is 9.84 Å². The van der Waals surface area contributed by atoms with Gasteiger partial charge in [0.2, 0.25) is 0 Å². The van der Waals surface area contributed by atoms with Gasteiger partial charge in [-0.2, -0.15) is 11.8 Å². The molecule has 1 fully saturated rings. The fraction of sp³-hybridized carbons (Fsp3) is 0.538. The van der Waals surface area contributed by atoms with E-state index in [1.54, 1.807) is 28.8 Å². The molecule has 1 heterocycles. The van der Waals surface area contributed by atoms with Gasteiger partial charge in [0.05, 0.1) is 6.04 Å². The molecule has 2 rings (SSSR count). The number of sulfone groups is 1. The van der Waals surface area contributed by atoms with Gasteiger partial charge in [-0.1, -0.05) is 17.7 Å². The number of nitrogens with two attached hydrogens (primary N) is 1. The van der Waals surface area contributed by atoms with E-state index in [-0.39, 0.29) is 6.54 Å². The molecular formula is C13H18ClFN2O2S2. The summed E-state index contributed by atoms with van der Waals surface area (Å²) in [6, 6.07) is 3.93. The molecule has 118 valence electrons. The van der Waals surface area contributed by atoms with Crippen LogP contribution in [0.4, 0.5) is 4.39 Å². The minimum absolute atomic E-state index is 0.148. The molecule has 1 aliphatic rings. The highest BCUT2D eigenvalue weighted by Crippen LogP contribution is 2.31. The van der Waals surface area contributed by atoms with Gasteiger partial charge < -0.3 is 5.73 Å². The third-order valence-electron chi connectivity index (χ3n) is 3.56. The summed E-state index contributed by atoms with van der Waals surface area (Å²) in [5.74, 6) is 0.825. The maximum Gasteiger partial charge on any atom is 0.164 e. The summed E-state index contributed by atoms with van der Waals surface area (Å²) in [5.41, 5.74) is 6.20. The molecule has 2 atom stereocenters. The van der Waals surface area contributed by atoms with Crippen LogP contribution in [0.25, 0.3) is 0 Å². The van der Waals surface area contributed by atoms with Crippen LogP contribution in [0.3, 0.4) is 0 Å². The monoisotopic (exact) mass is 352 g/mol. The third-order valence-corrected chi connectivity index (χ3v) is 6.46. The Morgan fingerprint density at radius 3 is 2.86 bits per heavy atom. The summed E-state index contributed by atoms with van der Waals surface area (Å²) >= 11 is 7.35. The largest absolute Gasteiger partial charge is 0.329 e. The van der Waals surface area contributed by atoms with Crippen molar-refractivity contribution in [2.24, 2.45) is 5.73 Å². The Bertz CT molecular complexity index is 612. The van der Waals surface area contributed by atoms with Crippen LogP contribution in [0.2, 0.25) is 5.02 Å². The van der Waals surface area contributed by atoms with Crippen LogP contribution in [0.15, 0.2) is 18.2 Å². The Hall–Kier alpha value is -0.340. The normalized spacial score (nSPS) is 22.2. The van der Waals surface area contributed by atoms with E-state index >= 15 is 0 Å². The van der Waals surface area contributed by atoms with Gasteiger partial charge in [0.1, 0.15) is 11.2 Å². The van der Waals surface area contributed by atoms with E-state index in [4.69, 9.17) is 17.3 Å². The first-order chi connectivity index (χ1) is 9.84. The third kappa shape index (κ3) is 3.90. The zero-order valence-electron chi connectivity index (χ0n) is 11.6. The molecule has 21 heavy (non-hydrogen) atoms. The lowest BCUT2D eigenvalue weighted by Gasteiger charge is -2.39. The average molecular weight is 353 g/mol. The number of rotatable bonds is 4. The molecule has 1 saturated heterocycles. The van der Waals surface area contributed by atoms with E-state index in [1.165, 1.54) is 12.3 Å². The summed E-state index contributed by atoms with van der Waals surface area (Å²) in [6.07, 6.45) is 1.21. The molecule has 2 N–H and O–H groups in total. The summed E-state index contributed by atoms with van der Waals surface area (Å²) < 4.78 is 38.1. The van der Waals surface area contributed by atoms with E-state index in [2.05, 4.69) is 0 Å². The minimum atomic E-state index is -3.26. The number of benzene rings is 1. The van der Waals surface area contributed by atoms with Crippen LogP contribution in [0.5, 0.6) is 0 Å². The SMILES string of the molecule is CS(=O)(=O)C1CSCCN1C(CN)c1ccc(Cl)cc1F. The molecule has 0 bridgehead atoms. The van der Waals surface area contributed by atoms with Gasteiger partial charge in [0, 0.05) is 41.4 Å². The second-order valence-corrected chi connectivity index (χ2v) is 8.80. The molecule has 0 spiro atoms. The van der Waals surface area contributed by atoms with Gasteiger partial charge in [-0.15, -0.1) is 0 Å². The van der Waals surface area contributed by atoms with Crippen molar-refractivity contribution in [3.63, 3.8) is 0 Å². The van der Waals surface area contributed by atoms with Gasteiger partial charge >= 0.3 is 0 Å². The molecule has 1 aromatic carbocycles. The van der Waals surface area contributed by atoms with E-state index in [1.807, 2.05) is 0 Å². The maximum absolute atomic E-state index is 14.1. The van der Waals surface area contributed by atoms with Crippen molar-refractivity contribution >= 4 is 33.2 Å². The summed E-state index contributed by atoms with van der Waals surface area (Å²) in [7, 11) is -3.26. The van der Waals surface area contributed by atoms with Crippen molar-refractivity contribution < 1.29 is 12.8 Å². The molecule has 1 aromatic rings. The number of hydrogen-bond donors (Lipinski definition) is 1. The number of nitrogens with zero attached hydrogens (tertiary/aromatic N) is 1. The second-order valence-electron chi connectivity index (χ2n) is 5.01. The number of thioether (sulfide) groups is 1. The Kier molecular flexibility index (Phi) is 5.54. The fourth-order valence-electron chi connectivity index (χ4n) is 2.53. The topological polar surface area (TPSA) is 63.4 Å². The van der Waals surface area contributed by atoms with Crippen molar-refractivity contribution in [2.45, 2.75) is 11.4 Å². The Morgan fingerprint density at radius 2 is 2.29 bits per heavy atom. The first kappa shape index (κ1) is 17.0. The van der Waals surface area contributed by atoms with Crippen LogP contribution < -0.4 is 5.73 Å². The van der Waals surface area contributed by atoms with Gasteiger partial charge in [-0.3, -0.25) is 4.90 Å². The smallest absolute Gasteiger partial charge is 0.164 e. The minimum Gasteiger partial charge on any atom is -0.329 e. The molecule has 0 saturated carbocycles. The van der Waals surface area contributed by atoms with Crippen molar-refractivity contribution in [2.75, 3.05) is 30.9 Å². The average Bonchev–Trinajstić information content (AvgIpc) is 2.41. The highest BCUT2D eigenvalue weighted by atomic mass is 35.5. The zero-order chi connectivity index (χ0) is 15.6. The zero-order valence-corrected chi connectivity index (χ0v) is 14.0. The van der Waals surface area contributed by atoms with Gasteiger partial charge in [-0.25, -0.2) is 12.8 Å². The molecular weight excluding hydrogens is 335 g/mol. The van der Waals surface area contributed by atoms with Gasteiger partial charge in [0.25, 0.3) is 0 Å². The molecule has 0 amide bonds. The van der Waals surface area contributed by atoms with Crippen LogP contribution >= 0.6 is 23.4 Å². The first-order valence-electron chi connectivity index (χ1n) is 6.52. The molecule has 4 nitrogen and oxygen atoms in total. The quantitative estimate of drug-likeness (QED) is 0.896. The number of halogens is 2. The lowest BCUT2D eigenvalue weighted by Crippen LogP contribution is -2.50. The van der Waals surface area contributed by atoms with Crippen molar-refractivity contribution in [3.05, 3.63) is 34.6 Å². The van der Waals surface area contributed by atoms with E-state index in [9.17, 15) is 12.8 Å². The van der Waals surface area contributed by atoms with E-state index in [0.29, 0.717) is 22.9 Å². The second kappa shape index (κ2) is 6.83. The molecule has 0 aromatic heterocycles. The van der Waals surface area contributed by atoms with Crippen LogP contribution in [0, 0.1) is 5.82 Å². The highest BCUT2D eigenvalue weighted by molar-refractivity contribution is 8.00. The molecule has 0 aliphatic carbocycles. The van der Waals surface area contributed by atoms with Crippen LogP contribution in [-0.4, -0.2) is 49.5 Å². The first-order valence-corrected chi connectivity index (χ1v) is 10.0. The van der Waals surface area contributed by atoms with Gasteiger partial charge in [-0.05, 0) is 12.1 Å². The highest BCUT2D eigenvalue weighted by Gasteiger charge is 2.36. The van der Waals surface area contributed by atoms with E-state index < -0.39 is 27.1 Å². The molecule has 8 heteroatoms. The number of hydrogen-bond acceptors (Lipinski definition) is 5. The predicted molar refractivity (Wildman–Crippen MR) is 85.9 cm³/mol. The predicted octanol–water partition coefficient (Wildman–Crippen LogP) is 1.90. The lowest BCUT2D eigenvalue weighted by atomic mass is 10.0. The Labute approximate surface area is 133 Å². The lowest BCUT2D eigenvalue weighted by molar-refractivity contribution is 0.194. The van der Waals surface area contributed by atoms with E-state index in [0.717, 1.165) is 5.75 Å². The Morgan fingerprint density at radius 1 is 1.57 bits per heavy atom. The van der Waals surface area contributed by atoms with Crippen molar-refractivity contribution in [3.8, 4) is 0 Å². The van der Waals surface area contributed by atoms with Crippen LogP contribution in [0.1, 0.15) is 11.6 Å². The van der Waals surface area contributed by atoms with Crippen molar-refractivity contribution in [1.29, 1.82) is 0 Å². The molecule has 1 aliphatic heterocycles. The summed E-state index contributed by atoms with van der Waals surface area (Å²) in [6.45, 7) is 0.710. The Balaban J connectivity index is 2.38. The summed E-state index contributed by atoms with van der Waals surface area (Å²) in [5, 5.41) is -0.333. The maximum atomic E-state index is 14.1. The fourth-order valence-corrected chi connectivity index (χ4v) is 5.61. The summed E-state index contributed by atoms with van der Waals surface area (Å²) in [4.78, 5) is 1.79. The molecule has 0 radical (unpaired) electrons. The van der Waals surface area contributed by atoms with Crippen molar-refractivity contribution in [1.82, 2.24) is 4.90 Å².